The lowest BCUT2D eigenvalue weighted by Gasteiger charge is -2.14. The molecule has 162 valence electrons. The second-order valence-corrected chi connectivity index (χ2v) is 8.60. The van der Waals surface area contributed by atoms with Crippen LogP contribution in [0.15, 0.2) is 54.6 Å². The molecule has 6 nitrogen and oxygen atoms in total. The van der Waals surface area contributed by atoms with Gasteiger partial charge in [0, 0.05) is 11.1 Å². The molecule has 3 N–H and O–H groups in total. The van der Waals surface area contributed by atoms with Crippen molar-refractivity contribution in [2.75, 3.05) is 0 Å². The molecule has 0 saturated carbocycles. The first kappa shape index (κ1) is 20.8. The van der Waals surface area contributed by atoms with E-state index >= 15 is 0 Å². The van der Waals surface area contributed by atoms with Crippen molar-refractivity contribution < 1.29 is 14.6 Å². The third-order valence-electron chi connectivity index (χ3n) is 5.64. The van der Waals surface area contributed by atoms with E-state index in [9.17, 15) is 4.79 Å². The van der Waals surface area contributed by atoms with Crippen LogP contribution in [0.2, 0.25) is 10.0 Å². The van der Waals surface area contributed by atoms with Gasteiger partial charge in [-0.05, 0) is 35.7 Å². The lowest BCUT2D eigenvalue weighted by atomic mass is 10.1. The quantitative estimate of drug-likeness (QED) is 0.370. The summed E-state index contributed by atoms with van der Waals surface area (Å²) in [4.78, 5) is 15.8. The summed E-state index contributed by atoms with van der Waals surface area (Å²) in [6.45, 7) is 1.02. The number of ether oxygens (including phenoxy) is 1. The highest BCUT2D eigenvalue weighted by molar-refractivity contribution is 6.37. The van der Waals surface area contributed by atoms with Crippen LogP contribution in [0, 0.1) is 0 Å². The molecule has 1 atom stereocenters. The Kier molecular flexibility index (Phi) is 5.29. The van der Waals surface area contributed by atoms with Gasteiger partial charge in [0.25, 0.3) is 0 Å². The van der Waals surface area contributed by atoms with E-state index in [1.807, 2.05) is 30.3 Å². The summed E-state index contributed by atoms with van der Waals surface area (Å²) in [5.41, 5.74) is 11.5. The summed E-state index contributed by atoms with van der Waals surface area (Å²) >= 11 is 12.8. The number of aliphatic carboxylic acids is 1. The summed E-state index contributed by atoms with van der Waals surface area (Å²) in [6.07, 6.45) is 0.122. The Morgan fingerprint density at radius 3 is 2.66 bits per heavy atom. The highest BCUT2D eigenvalue weighted by Gasteiger charge is 2.24. The molecule has 4 aromatic rings. The minimum atomic E-state index is -1.08. The van der Waals surface area contributed by atoms with E-state index < -0.39 is 12.0 Å². The topological polar surface area (TPSA) is 90.4 Å². The molecule has 0 spiro atoms. The Hall–Kier alpha value is -3.06. The third kappa shape index (κ3) is 3.60. The fourth-order valence-electron chi connectivity index (χ4n) is 4.14. The van der Waals surface area contributed by atoms with E-state index in [2.05, 4.69) is 16.7 Å². The molecule has 1 aliphatic rings. The number of carboxylic acid groups (broad SMARTS) is 1. The maximum atomic E-state index is 11.0. The van der Waals surface area contributed by atoms with Gasteiger partial charge < -0.3 is 20.1 Å². The van der Waals surface area contributed by atoms with Crippen LogP contribution >= 0.6 is 23.2 Å². The largest absolute Gasteiger partial charge is 0.486 e. The van der Waals surface area contributed by atoms with Crippen molar-refractivity contribution >= 4 is 40.2 Å². The van der Waals surface area contributed by atoms with Gasteiger partial charge in [-0.15, -0.1) is 0 Å². The van der Waals surface area contributed by atoms with Crippen molar-refractivity contribution in [2.45, 2.75) is 25.6 Å². The molecular formula is C24H19Cl2N3O3. The van der Waals surface area contributed by atoms with Crippen molar-refractivity contribution in [3.63, 3.8) is 0 Å². The Bertz CT molecular complexity index is 1340. The number of halogens is 2. The molecule has 0 bridgehead atoms. The molecule has 0 fully saturated rings. The molecule has 2 heterocycles. The van der Waals surface area contributed by atoms with Gasteiger partial charge in [-0.3, -0.25) is 4.79 Å². The number of hydrogen-bond donors (Lipinski definition) is 2. The van der Waals surface area contributed by atoms with Crippen molar-refractivity contribution in [1.82, 2.24) is 9.55 Å². The lowest BCUT2D eigenvalue weighted by molar-refractivity contribution is -0.138. The predicted octanol–water partition coefficient (Wildman–Crippen LogP) is 4.91. The second-order valence-electron chi connectivity index (χ2n) is 7.79. The van der Waals surface area contributed by atoms with E-state index in [0.29, 0.717) is 21.4 Å². The first-order valence-corrected chi connectivity index (χ1v) is 10.8. The summed E-state index contributed by atoms with van der Waals surface area (Å²) in [6, 6.07) is 16.5. The minimum absolute atomic E-state index is 0.122. The molecule has 32 heavy (non-hydrogen) atoms. The zero-order chi connectivity index (χ0) is 22.4. The highest BCUT2D eigenvalue weighted by atomic mass is 35.5. The van der Waals surface area contributed by atoms with Crippen molar-refractivity contribution in [2.24, 2.45) is 5.73 Å². The molecule has 1 aliphatic heterocycles. The van der Waals surface area contributed by atoms with Gasteiger partial charge in [0.05, 0.1) is 27.6 Å². The minimum Gasteiger partial charge on any atom is -0.486 e. The molecule has 3 aromatic carbocycles. The number of carbonyl (C=O) groups is 1. The Balaban J connectivity index is 1.43. The monoisotopic (exact) mass is 467 g/mol. The van der Waals surface area contributed by atoms with Crippen LogP contribution in [0.25, 0.3) is 22.4 Å². The van der Waals surface area contributed by atoms with Crippen LogP contribution in [-0.2, 0) is 24.4 Å². The van der Waals surface area contributed by atoms with Gasteiger partial charge in [0.1, 0.15) is 18.5 Å². The van der Waals surface area contributed by atoms with E-state index in [-0.39, 0.29) is 13.0 Å². The normalized spacial score (nSPS) is 13.1. The first-order valence-electron chi connectivity index (χ1n) is 10.1. The summed E-state index contributed by atoms with van der Waals surface area (Å²) in [5, 5.41) is 9.63. The average molecular weight is 468 g/mol. The SMILES string of the molecule is NC(Cc1cc(Cl)c(OCc2cccc3nc4n(c23)Cc2ccccc2-4)c(Cl)c1)C(=O)O. The van der Waals surface area contributed by atoms with Gasteiger partial charge in [0.2, 0.25) is 0 Å². The Morgan fingerprint density at radius 1 is 1.16 bits per heavy atom. The molecular weight excluding hydrogens is 449 g/mol. The van der Waals surface area contributed by atoms with Crippen molar-refractivity contribution in [3.05, 3.63) is 81.3 Å². The molecule has 0 saturated heterocycles. The van der Waals surface area contributed by atoms with E-state index in [4.69, 9.17) is 43.8 Å². The zero-order valence-electron chi connectivity index (χ0n) is 16.9. The van der Waals surface area contributed by atoms with Crippen LogP contribution in [0.3, 0.4) is 0 Å². The fraction of sp³-hybridized carbons (Fsp3) is 0.167. The van der Waals surface area contributed by atoms with Crippen molar-refractivity contribution in [3.8, 4) is 17.1 Å². The maximum absolute atomic E-state index is 11.0. The van der Waals surface area contributed by atoms with E-state index in [1.165, 1.54) is 5.56 Å². The smallest absolute Gasteiger partial charge is 0.320 e. The van der Waals surface area contributed by atoms with Crippen LogP contribution in [0.1, 0.15) is 16.7 Å². The summed E-state index contributed by atoms with van der Waals surface area (Å²) in [7, 11) is 0. The van der Waals surface area contributed by atoms with Gasteiger partial charge in [-0.2, -0.15) is 0 Å². The number of nitrogens with zero attached hydrogens (tertiary/aromatic N) is 2. The number of fused-ring (bicyclic) bond motifs is 5. The van der Waals surface area contributed by atoms with Crippen LogP contribution in [0.5, 0.6) is 5.75 Å². The number of hydrogen-bond acceptors (Lipinski definition) is 4. The van der Waals surface area contributed by atoms with Gasteiger partial charge >= 0.3 is 5.97 Å². The Labute approximate surface area is 194 Å². The lowest BCUT2D eigenvalue weighted by Crippen LogP contribution is -2.32. The number of para-hydroxylation sites is 1. The average Bonchev–Trinajstić information content (AvgIpc) is 3.29. The van der Waals surface area contributed by atoms with E-state index in [0.717, 1.165) is 34.5 Å². The standard InChI is InChI=1S/C24H19Cl2N3O3/c25-17-8-13(10-19(27)24(30)31)9-18(26)22(17)32-12-15-5-3-7-20-21(15)29-11-14-4-1-2-6-16(14)23(29)28-20/h1-9,19H,10-12,27H2,(H,30,31). The second kappa shape index (κ2) is 8.13. The van der Waals surface area contributed by atoms with Gasteiger partial charge in [-0.25, -0.2) is 4.98 Å². The maximum Gasteiger partial charge on any atom is 0.320 e. The number of aromatic nitrogens is 2. The highest BCUT2D eigenvalue weighted by Crippen LogP contribution is 2.38. The molecule has 1 unspecified atom stereocenters. The zero-order valence-corrected chi connectivity index (χ0v) is 18.4. The number of imidazole rings is 1. The summed E-state index contributed by atoms with van der Waals surface area (Å²) < 4.78 is 8.23. The van der Waals surface area contributed by atoms with Crippen LogP contribution in [0.4, 0.5) is 0 Å². The van der Waals surface area contributed by atoms with E-state index in [1.54, 1.807) is 12.1 Å². The molecule has 5 rings (SSSR count). The fourth-order valence-corrected chi connectivity index (χ4v) is 4.78. The number of carboxylic acids is 1. The van der Waals surface area contributed by atoms with Crippen molar-refractivity contribution in [1.29, 1.82) is 0 Å². The predicted molar refractivity (Wildman–Crippen MR) is 124 cm³/mol. The van der Waals surface area contributed by atoms with Crippen LogP contribution in [-0.4, -0.2) is 26.7 Å². The van der Waals surface area contributed by atoms with Gasteiger partial charge in [0.15, 0.2) is 5.75 Å². The third-order valence-corrected chi connectivity index (χ3v) is 6.20. The number of rotatable bonds is 6. The molecule has 0 amide bonds. The van der Waals surface area contributed by atoms with Crippen LogP contribution < -0.4 is 10.5 Å². The number of benzene rings is 3. The molecule has 8 heteroatoms. The Morgan fingerprint density at radius 2 is 1.91 bits per heavy atom. The molecule has 1 aromatic heterocycles. The molecule has 0 radical (unpaired) electrons. The summed E-state index contributed by atoms with van der Waals surface area (Å²) in [5.74, 6) is 0.224. The first-order chi connectivity index (χ1) is 15.4. The van der Waals surface area contributed by atoms with Gasteiger partial charge in [-0.1, -0.05) is 59.6 Å². The molecule has 0 aliphatic carbocycles. The number of nitrogens with two attached hydrogens (primary N) is 1.